The summed E-state index contributed by atoms with van der Waals surface area (Å²) in [6.45, 7) is 1.06. The molecule has 1 aromatic carbocycles. The summed E-state index contributed by atoms with van der Waals surface area (Å²) in [4.78, 5) is 18.4. The minimum atomic E-state index is -4.38. The highest BCUT2D eigenvalue weighted by Crippen LogP contribution is 2.41. The second-order valence-electron chi connectivity index (χ2n) is 7.78. The molecule has 0 unspecified atom stereocenters. The van der Waals surface area contributed by atoms with Crippen molar-refractivity contribution in [1.29, 1.82) is 0 Å². The van der Waals surface area contributed by atoms with Crippen molar-refractivity contribution in [3.63, 3.8) is 0 Å². The van der Waals surface area contributed by atoms with Crippen molar-refractivity contribution in [2.24, 2.45) is 5.92 Å². The standard InChI is InChI=1S/C20H24F3N5O2/c1-30-16-5-3-2-4-14(16)10-18(29)27-8-6-13(7-9-27)15-11-17(20(21,22)23)28-19(26-15)24-12-25-28/h2-5,12-13,15,17H,6-11H2,1H3,(H,24,25,26)/t15-,17+/m0/s1. The molecule has 0 aliphatic carbocycles. The number of piperidine rings is 1. The Morgan fingerprint density at radius 1 is 1.27 bits per heavy atom. The molecule has 1 N–H and O–H groups in total. The zero-order valence-corrected chi connectivity index (χ0v) is 16.6. The van der Waals surface area contributed by atoms with Gasteiger partial charge in [0.2, 0.25) is 11.9 Å². The number of fused-ring (bicyclic) bond motifs is 1. The van der Waals surface area contributed by atoms with Crippen LogP contribution in [-0.4, -0.2) is 58.0 Å². The van der Waals surface area contributed by atoms with E-state index >= 15 is 0 Å². The largest absolute Gasteiger partial charge is 0.496 e. The molecular formula is C20H24F3N5O2. The van der Waals surface area contributed by atoms with Crippen LogP contribution in [0.4, 0.5) is 19.1 Å². The SMILES string of the molecule is COc1ccccc1CC(=O)N1CCC([C@@H]2C[C@H](C(F)(F)F)n3ncnc3N2)CC1. The second-order valence-corrected chi connectivity index (χ2v) is 7.78. The minimum absolute atomic E-state index is 0.00228. The third-order valence-electron chi connectivity index (χ3n) is 6.03. The number of anilines is 1. The average molecular weight is 423 g/mol. The van der Waals surface area contributed by atoms with E-state index in [9.17, 15) is 18.0 Å². The van der Waals surface area contributed by atoms with Crippen LogP contribution in [0, 0.1) is 5.92 Å². The summed E-state index contributed by atoms with van der Waals surface area (Å²) in [6.07, 6.45) is -1.78. The average Bonchev–Trinajstić information content (AvgIpc) is 3.21. The van der Waals surface area contributed by atoms with E-state index in [1.807, 2.05) is 24.3 Å². The summed E-state index contributed by atoms with van der Waals surface area (Å²) >= 11 is 0. The predicted molar refractivity (Wildman–Crippen MR) is 103 cm³/mol. The molecule has 1 fully saturated rings. The summed E-state index contributed by atoms with van der Waals surface area (Å²) in [7, 11) is 1.57. The third kappa shape index (κ3) is 4.08. The van der Waals surface area contributed by atoms with Crippen molar-refractivity contribution in [3.8, 4) is 5.75 Å². The van der Waals surface area contributed by atoms with Crippen LogP contribution in [0.2, 0.25) is 0 Å². The quantitative estimate of drug-likeness (QED) is 0.819. The van der Waals surface area contributed by atoms with E-state index < -0.39 is 12.2 Å². The number of methoxy groups -OCH3 is 1. The maximum Gasteiger partial charge on any atom is 0.411 e. The molecule has 0 spiro atoms. The van der Waals surface area contributed by atoms with Gasteiger partial charge in [-0.3, -0.25) is 4.79 Å². The topological polar surface area (TPSA) is 72.3 Å². The summed E-state index contributed by atoms with van der Waals surface area (Å²) in [5.74, 6) is 0.871. The number of carbonyl (C=O) groups is 1. The molecule has 3 heterocycles. The van der Waals surface area contributed by atoms with Crippen molar-refractivity contribution in [2.45, 2.75) is 43.9 Å². The molecule has 10 heteroatoms. The Balaban J connectivity index is 1.37. The highest BCUT2D eigenvalue weighted by molar-refractivity contribution is 5.79. The van der Waals surface area contributed by atoms with Crippen LogP contribution in [-0.2, 0) is 11.2 Å². The lowest BCUT2D eigenvalue weighted by Gasteiger charge is -2.40. The Hall–Kier alpha value is -2.78. The molecule has 4 rings (SSSR count). The number of nitrogens with zero attached hydrogens (tertiary/aromatic N) is 4. The van der Waals surface area contributed by atoms with Gasteiger partial charge in [0.15, 0.2) is 6.04 Å². The second kappa shape index (κ2) is 8.16. The van der Waals surface area contributed by atoms with Gasteiger partial charge >= 0.3 is 6.18 Å². The van der Waals surface area contributed by atoms with E-state index in [1.54, 1.807) is 12.0 Å². The molecule has 2 aromatic rings. The lowest BCUT2D eigenvalue weighted by atomic mass is 9.85. The van der Waals surface area contributed by atoms with Crippen LogP contribution in [0.15, 0.2) is 30.6 Å². The van der Waals surface area contributed by atoms with Crippen molar-refractivity contribution in [3.05, 3.63) is 36.2 Å². The predicted octanol–water partition coefficient (Wildman–Crippen LogP) is 3.06. The van der Waals surface area contributed by atoms with E-state index in [4.69, 9.17) is 4.74 Å². The van der Waals surface area contributed by atoms with E-state index in [0.717, 1.165) is 16.6 Å². The number of benzene rings is 1. The van der Waals surface area contributed by atoms with Gasteiger partial charge in [0, 0.05) is 24.7 Å². The lowest BCUT2D eigenvalue weighted by Crippen LogP contribution is -2.47. The first-order chi connectivity index (χ1) is 14.4. The highest BCUT2D eigenvalue weighted by atomic mass is 19.4. The monoisotopic (exact) mass is 423 g/mol. The number of amides is 1. The number of ether oxygens (including phenoxy) is 1. The fourth-order valence-electron chi connectivity index (χ4n) is 4.40. The van der Waals surface area contributed by atoms with Crippen LogP contribution in [0.25, 0.3) is 0 Å². The van der Waals surface area contributed by atoms with Crippen molar-refractivity contribution in [2.75, 3.05) is 25.5 Å². The van der Waals surface area contributed by atoms with Crippen molar-refractivity contribution in [1.82, 2.24) is 19.7 Å². The summed E-state index contributed by atoms with van der Waals surface area (Å²) in [5, 5.41) is 6.85. The first-order valence-electron chi connectivity index (χ1n) is 9.99. The number of halogens is 3. The summed E-state index contributed by atoms with van der Waals surface area (Å²) in [6, 6.07) is 5.38. The number of likely N-dealkylation sites (tertiary alicyclic amines) is 1. The van der Waals surface area contributed by atoms with Crippen molar-refractivity contribution >= 4 is 11.9 Å². The Labute approximate surface area is 172 Å². The van der Waals surface area contributed by atoms with Crippen LogP contribution in [0.3, 0.4) is 0 Å². The van der Waals surface area contributed by atoms with Gasteiger partial charge in [-0.05, 0) is 31.2 Å². The molecule has 0 bridgehead atoms. The number of para-hydroxylation sites is 1. The summed E-state index contributed by atoms with van der Waals surface area (Å²) < 4.78 is 46.7. The smallest absolute Gasteiger partial charge is 0.411 e. The van der Waals surface area contributed by atoms with Crippen molar-refractivity contribution < 1.29 is 22.7 Å². The molecule has 2 aliphatic heterocycles. The number of carbonyl (C=O) groups excluding carboxylic acids is 1. The fraction of sp³-hybridized carbons (Fsp3) is 0.550. The third-order valence-corrected chi connectivity index (χ3v) is 6.03. The van der Waals surface area contributed by atoms with Gasteiger partial charge in [-0.25, -0.2) is 4.68 Å². The molecular weight excluding hydrogens is 399 g/mol. The lowest BCUT2D eigenvalue weighted by molar-refractivity contribution is -0.174. The first kappa shape index (κ1) is 20.5. The number of rotatable bonds is 4. The zero-order chi connectivity index (χ0) is 21.3. The van der Waals surface area contributed by atoms with E-state index in [0.29, 0.717) is 31.7 Å². The molecule has 162 valence electrons. The highest BCUT2D eigenvalue weighted by Gasteiger charge is 2.48. The van der Waals surface area contributed by atoms with E-state index in [-0.39, 0.29) is 36.7 Å². The number of hydrogen-bond acceptors (Lipinski definition) is 5. The van der Waals surface area contributed by atoms with Gasteiger partial charge in [-0.2, -0.15) is 23.3 Å². The molecule has 1 aromatic heterocycles. The number of aromatic nitrogens is 3. The Morgan fingerprint density at radius 3 is 2.70 bits per heavy atom. The van der Waals surface area contributed by atoms with Gasteiger partial charge in [-0.15, -0.1) is 0 Å². The Morgan fingerprint density at radius 2 is 2.00 bits per heavy atom. The van der Waals surface area contributed by atoms with Gasteiger partial charge in [0.25, 0.3) is 0 Å². The molecule has 1 amide bonds. The van der Waals surface area contributed by atoms with E-state index in [2.05, 4.69) is 15.4 Å². The van der Waals surface area contributed by atoms with Gasteiger partial charge in [0.05, 0.1) is 13.5 Å². The number of nitrogens with one attached hydrogen (secondary N) is 1. The van der Waals surface area contributed by atoms with Crippen LogP contribution in [0.1, 0.15) is 30.9 Å². The van der Waals surface area contributed by atoms with Gasteiger partial charge in [-0.1, -0.05) is 18.2 Å². The maximum atomic E-state index is 13.5. The summed E-state index contributed by atoms with van der Waals surface area (Å²) in [5.41, 5.74) is 0.827. The zero-order valence-electron chi connectivity index (χ0n) is 16.6. The fourth-order valence-corrected chi connectivity index (χ4v) is 4.40. The molecule has 2 atom stereocenters. The van der Waals surface area contributed by atoms with Gasteiger partial charge in [0.1, 0.15) is 12.1 Å². The molecule has 0 radical (unpaired) electrons. The van der Waals surface area contributed by atoms with Gasteiger partial charge < -0.3 is 15.0 Å². The molecule has 7 nitrogen and oxygen atoms in total. The number of hydrogen-bond donors (Lipinski definition) is 1. The number of alkyl halides is 3. The Kier molecular flexibility index (Phi) is 5.57. The Bertz CT molecular complexity index is 893. The minimum Gasteiger partial charge on any atom is -0.496 e. The van der Waals surface area contributed by atoms with Crippen LogP contribution < -0.4 is 10.1 Å². The van der Waals surface area contributed by atoms with E-state index in [1.165, 1.54) is 0 Å². The molecule has 2 aliphatic rings. The molecule has 1 saturated heterocycles. The van der Waals surface area contributed by atoms with Crippen LogP contribution in [0.5, 0.6) is 5.75 Å². The maximum absolute atomic E-state index is 13.5. The molecule has 0 saturated carbocycles. The first-order valence-corrected chi connectivity index (χ1v) is 9.99. The molecule has 30 heavy (non-hydrogen) atoms. The van der Waals surface area contributed by atoms with Crippen LogP contribution >= 0.6 is 0 Å². The normalized spacial score (nSPS) is 22.3.